The first-order valence-corrected chi connectivity index (χ1v) is 8.32. The third kappa shape index (κ3) is 5.81. The summed E-state index contributed by atoms with van der Waals surface area (Å²) in [7, 11) is 3.99. The minimum Gasteiger partial charge on any atom is -0.324 e. The van der Waals surface area contributed by atoms with Crippen LogP contribution in [0.15, 0.2) is 54.6 Å². The lowest BCUT2D eigenvalue weighted by Crippen LogP contribution is -2.36. The van der Waals surface area contributed by atoms with Gasteiger partial charge >= 0.3 is 0 Å². The van der Waals surface area contributed by atoms with Crippen molar-refractivity contribution in [3.63, 3.8) is 0 Å². The highest BCUT2D eigenvalue weighted by molar-refractivity contribution is 5.98. The molecule has 1 amide bonds. The van der Waals surface area contributed by atoms with Gasteiger partial charge in [0.1, 0.15) is 6.04 Å². The van der Waals surface area contributed by atoms with Gasteiger partial charge in [-0.3, -0.25) is 9.59 Å². The number of rotatable bonds is 8. The molecule has 0 heterocycles. The number of likely N-dealkylation sites (N-methyl/N-ethyl adjacent to an activating group) is 1. The van der Waals surface area contributed by atoms with Crippen LogP contribution in [0.4, 0.5) is 5.69 Å². The third-order valence-corrected chi connectivity index (χ3v) is 3.84. The Labute approximate surface area is 149 Å². The Morgan fingerprint density at radius 1 is 1.04 bits per heavy atom. The minimum atomic E-state index is -0.456. The normalized spacial score (nSPS) is 12.0. The maximum absolute atomic E-state index is 12.8. The summed E-state index contributed by atoms with van der Waals surface area (Å²) in [6, 6.07) is 16.1. The Morgan fingerprint density at radius 2 is 1.76 bits per heavy atom. The molecule has 2 aromatic rings. The van der Waals surface area contributed by atoms with Crippen LogP contribution in [0, 0.1) is 0 Å². The molecule has 0 aliphatic rings. The molecule has 0 saturated carbocycles. The van der Waals surface area contributed by atoms with Crippen LogP contribution in [0.1, 0.15) is 28.9 Å². The summed E-state index contributed by atoms with van der Waals surface area (Å²) in [5.41, 5.74) is 2.10. The standard InChI is InChI=1S/C20H25N3O2/c1-15(24)17-10-7-11-18(14-17)22-20(25)19(21-12-13-23(2)3)16-8-5-4-6-9-16/h4-11,14,19,21H,12-13H2,1-3H3,(H,22,25)/t19-/m1/s1. The number of nitrogens with zero attached hydrogens (tertiary/aromatic N) is 1. The minimum absolute atomic E-state index is 0.0279. The van der Waals surface area contributed by atoms with E-state index >= 15 is 0 Å². The number of Topliss-reactive ketones (excluding diaryl/α,β-unsaturated/α-hetero) is 1. The predicted molar refractivity (Wildman–Crippen MR) is 101 cm³/mol. The van der Waals surface area contributed by atoms with Crippen molar-refractivity contribution >= 4 is 17.4 Å². The molecular formula is C20H25N3O2. The molecule has 25 heavy (non-hydrogen) atoms. The molecule has 1 atom stereocenters. The number of hydrogen-bond donors (Lipinski definition) is 2. The van der Waals surface area contributed by atoms with Crippen LogP contribution in [0.2, 0.25) is 0 Å². The van der Waals surface area contributed by atoms with Crippen molar-refractivity contribution < 1.29 is 9.59 Å². The number of ketones is 1. The molecule has 0 spiro atoms. The fourth-order valence-electron chi connectivity index (χ4n) is 2.47. The van der Waals surface area contributed by atoms with Crippen molar-refractivity contribution in [1.29, 1.82) is 0 Å². The zero-order valence-electron chi connectivity index (χ0n) is 15.0. The number of benzene rings is 2. The van der Waals surface area contributed by atoms with Gasteiger partial charge in [0.15, 0.2) is 5.78 Å². The van der Waals surface area contributed by atoms with Gasteiger partial charge in [-0.05, 0) is 38.7 Å². The van der Waals surface area contributed by atoms with E-state index in [2.05, 4.69) is 15.5 Å². The number of anilines is 1. The summed E-state index contributed by atoms with van der Waals surface area (Å²) in [6.45, 7) is 3.03. The van der Waals surface area contributed by atoms with E-state index < -0.39 is 6.04 Å². The Bertz CT molecular complexity index is 714. The number of carbonyl (C=O) groups excluding carboxylic acids is 2. The Morgan fingerprint density at radius 3 is 2.40 bits per heavy atom. The second kappa shape index (κ2) is 9.11. The molecule has 0 saturated heterocycles. The van der Waals surface area contributed by atoms with E-state index in [0.29, 0.717) is 17.8 Å². The Balaban J connectivity index is 2.14. The van der Waals surface area contributed by atoms with Crippen LogP contribution >= 0.6 is 0 Å². The van der Waals surface area contributed by atoms with E-state index in [0.717, 1.165) is 12.1 Å². The van der Waals surface area contributed by atoms with Crippen LogP contribution in [0.3, 0.4) is 0 Å². The fraction of sp³-hybridized carbons (Fsp3) is 0.300. The van der Waals surface area contributed by atoms with Crippen molar-refractivity contribution in [2.75, 3.05) is 32.5 Å². The second-order valence-corrected chi connectivity index (χ2v) is 6.23. The van der Waals surface area contributed by atoms with E-state index in [1.165, 1.54) is 6.92 Å². The summed E-state index contributed by atoms with van der Waals surface area (Å²) < 4.78 is 0. The lowest BCUT2D eigenvalue weighted by atomic mass is 10.1. The summed E-state index contributed by atoms with van der Waals surface area (Å²) in [5.74, 6) is -0.175. The van der Waals surface area contributed by atoms with E-state index in [4.69, 9.17) is 0 Å². The highest BCUT2D eigenvalue weighted by atomic mass is 16.2. The number of hydrogen-bond acceptors (Lipinski definition) is 4. The Kier molecular flexibility index (Phi) is 6.86. The van der Waals surface area contributed by atoms with Gasteiger partial charge < -0.3 is 15.5 Å². The van der Waals surface area contributed by atoms with E-state index in [1.807, 2.05) is 44.4 Å². The molecule has 132 valence electrons. The smallest absolute Gasteiger partial charge is 0.246 e. The quantitative estimate of drug-likeness (QED) is 0.726. The number of amides is 1. The van der Waals surface area contributed by atoms with Gasteiger partial charge in [-0.1, -0.05) is 42.5 Å². The van der Waals surface area contributed by atoms with Crippen LogP contribution in [-0.4, -0.2) is 43.8 Å². The van der Waals surface area contributed by atoms with Crippen LogP contribution in [-0.2, 0) is 4.79 Å². The SMILES string of the molecule is CC(=O)c1cccc(NC(=O)[C@H](NCCN(C)C)c2ccccc2)c1. The molecule has 0 aliphatic carbocycles. The molecule has 0 aromatic heterocycles. The zero-order valence-corrected chi connectivity index (χ0v) is 15.0. The predicted octanol–water partition coefficient (Wildman–Crippen LogP) is 2.72. The summed E-state index contributed by atoms with van der Waals surface area (Å²) in [5, 5.41) is 6.21. The molecule has 2 rings (SSSR count). The van der Waals surface area contributed by atoms with Gasteiger partial charge in [0.05, 0.1) is 0 Å². The molecule has 5 nitrogen and oxygen atoms in total. The maximum atomic E-state index is 12.8. The maximum Gasteiger partial charge on any atom is 0.246 e. The summed E-state index contributed by atoms with van der Waals surface area (Å²) in [6.07, 6.45) is 0. The second-order valence-electron chi connectivity index (χ2n) is 6.23. The van der Waals surface area contributed by atoms with Gasteiger partial charge in [-0.25, -0.2) is 0 Å². The van der Waals surface area contributed by atoms with Crippen molar-refractivity contribution in [1.82, 2.24) is 10.2 Å². The van der Waals surface area contributed by atoms with E-state index in [-0.39, 0.29) is 11.7 Å². The lowest BCUT2D eigenvalue weighted by molar-refractivity contribution is -0.118. The molecule has 0 radical (unpaired) electrons. The van der Waals surface area contributed by atoms with Gasteiger partial charge in [0, 0.05) is 24.3 Å². The molecular weight excluding hydrogens is 314 g/mol. The van der Waals surface area contributed by atoms with E-state index in [9.17, 15) is 9.59 Å². The first-order chi connectivity index (χ1) is 12.0. The van der Waals surface area contributed by atoms with Crippen molar-refractivity contribution in [3.8, 4) is 0 Å². The molecule has 5 heteroatoms. The first kappa shape index (κ1) is 18.8. The van der Waals surface area contributed by atoms with Gasteiger partial charge in [0.2, 0.25) is 5.91 Å². The van der Waals surface area contributed by atoms with Gasteiger partial charge in [0.25, 0.3) is 0 Å². The van der Waals surface area contributed by atoms with Crippen molar-refractivity contribution in [2.24, 2.45) is 0 Å². The highest BCUT2D eigenvalue weighted by Crippen LogP contribution is 2.17. The van der Waals surface area contributed by atoms with Crippen molar-refractivity contribution in [2.45, 2.75) is 13.0 Å². The topological polar surface area (TPSA) is 61.4 Å². The highest BCUT2D eigenvalue weighted by Gasteiger charge is 2.20. The molecule has 0 fully saturated rings. The molecule has 2 N–H and O–H groups in total. The Hall–Kier alpha value is -2.50. The van der Waals surface area contributed by atoms with Crippen LogP contribution in [0.25, 0.3) is 0 Å². The van der Waals surface area contributed by atoms with Crippen molar-refractivity contribution in [3.05, 3.63) is 65.7 Å². The average Bonchev–Trinajstić information content (AvgIpc) is 2.59. The lowest BCUT2D eigenvalue weighted by Gasteiger charge is -2.20. The third-order valence-electron chi connectivity index (χ3n) is 3.84. The molecule has 0 aliphatic heterocycles. The summed E-state index contributed by atoms with van der Waals surface area (Å²) in [4.78, 5) is 26.4. The average molecular weight is 339 g/mol. The summed E-state index contributed by atoms with van der Waals surface area (Å²) >= 11 is 0. The molecule has 2 aromatic carbocycles. The largest absolute Gasteiger partial charge is 0.324 e. The molecule has 0 unspecified atom stereocenters. The van der Waals surface area contributed by atoms with Gasteiger partial charge in [-0.15, -0.1) is 0 Å². The number of nitrogens with one attached hydrogen (secondary N) is 2. The zero-order chi connectivity index (χ0) is 18.2. The fourth-order valence-corrected chi connectivity index (χ4v) is 2.47. The van der Waals surface area contributed by atoms with Crippen LogP contribution < -0.4 is 10.6 Å². The monoisotopic (exact) mass is 339 g/mol. The first-order valence-electron chi connectivity index (χ1n) is 8.32. The molecule has 0 bridgehead atoms. The van der Waals surface area contributed by atoms with E-state index in [1.54, 1.807) is 24.3 Å². The number of carbonyl (C=O) groups is 2. The van der Waals surface area contributed by atoms with Crippen LogP contribution in [0.5, 0.6) is 0 Å². The van der Waals surface area contributed by atoms with Gasteiger partial charge in [-0.2, -0.15) is 0 Å².